The van der Waals surface area contributed by atoms with Crippen LogP contribution < -0.4 is 16.2 Å². The van der Waals surface area contributed by atoms with Crippen molar-refractivity contribution >= 4 is 61.8 Å². The molecule has 1 nitrogen and oxygen atoms in total. The van der Waals surface area contributed by atoms with Gasteiger partial charge in [0, 0.05) is 11.3 Å². The van der Waals surface area contributed by atoms with Gasteiger partial charge in [0.25, 0.3) is 0 Å². The van der Waals surface area contributed by atoms with Crippen LogP contribution in [0.4, 0.5) is 5.69 Å². The zero-order valence-electron chi connectivity index (χ0n) is 46.8. The molecule has 8 aromatic carbocycles. The van der Waals surface area contributed by atoms with Crippen molar-refractivity contribution in [1.82, 2.24) is 0 Å². The molecule has 0 fully saturated rings. The van der Waals surface area contributed by atoms with Crippen molar-refractivity contribution < 1.29 is 0 Å². The van der Waals surface area contributed by atoms with E-state index in [1.165, 1.54) is 98.4 Å². The Morgan fingerprint density at radius 2 is 1.21 bits per heavy atom. The van der Waals surface area contributed by atoms with Crippen LogP contribution in [0.3, 0.4) is 0 Å². The van der Waals surface area contributed by atoms with Crippen molar-refractivity contribution in [3.8, 4) is 22.3 Å². The number of allylic oxidation sites excluding steroid dienone is 12. The topological polar surface area (TPSA) is 26.0 Å². The Morgan fingerprint density at radius 3 is 1.86 bits per heavy atom. The third-order valence-electron chi connectivity index (χ3n) is 13.2. The number of fused-ring (bicyclic) bond motifs is 5. The summed E-state index contributed by atoms with van der Waals surface area (Å²) in [5.74, 6) is 0. The molecule has 0 atom stereocenters. The van der Waals surface area contributed by atoms with Crippen LogP contribution in [-0.2, 0) is 6.42 Å². The molecular formula is C75H81N. The van der Waals surface area contributed by atoms with E-state index in [4.69, 9.17) is 5.73 Å². The summed E-state index contributed by atoms with van der Waals surface area (Å²) in [7, 11) is 0. The molecule has 0 bridgehead atoms. The van der Waals surface area contributed by atoms with Gasteiger partial charge in [0.15, 0.2) is 0 Å². The maximum Gasteiger partial charge on any atom is 0.0435 e. The Kier molecular flexibility index (Phi) is 23.8. The summed E-state index contributed by atoms with van der Waals surface area (Å²) < 4.78 is 0. The van der Waals surface area contributed by atoms with Crippen LogP contribution in [0.25, 0.3) is 78.4 Å². The van der Waals surface area contributed by atoms with Gasteiger partial charge >= 0.3 is 0 Å². The van der Waals surface area contributed by atoms with Crippen LogP contribution in [0.5, 0.6) is 0 Å². The average Bonchev–Trinajstić information content (AvgIpc) is 3.97. The molecule has 0 amide bonds. The molecule has 11 rings (SSSR count). The summed E-state index contributed by atoms with van der Waals surface area (Å²) in [6, 6.07) is 54.3. The molecule has 1 heteroatoms. The van der Waals surface area contributed by atoms with E-state index < -0.39 is 0 Å². The summed E-state index contributed by atoms with van der Waals surface area (Å²) in [6.45, 7) is 29.9. The minimum Gasteiger partial charge on any atom is -0.398 e. The number of hydrogen-bond acceptors (Lipinski definition) is 1. The van der Waals surface area contributed by atoms with Crippen LogP contribution in [0.1, 0.15) is 96.4 Å². The molecule has 3 aliphatic rings. The highest BCUT2D eigenvalue weighted by Gasteiger charge is 2.16. The molecule has 0 saturated carbocycles. The van der Waals surface area contributed by atoms with E-state index in [-0.39, 0.29) is 0 Å². The second-order valence-electron chi connectivity index (χ2n) is 18.2. The Balaban J connectivity index is 0.000000196. The molecule has 0 heterocycles. The number of aryl methyl sites for hydroxylation is 1. The van der Waals surface area contributed by atoms with Crippen LogP contribution in [0.15, 0.2) is 249 Å². The van der Waals surface area contributed by atoms with Crippen molar-refractivity contribution in [3.63, 3.8) is 0 Å². The van der Waals surface area contributed by atoms with E-state index >= 15 is 0 Å². The van der Waals surface area contributed by atoms with Crippen LogP contribution >= 0.6 is 0 Å². The first kappa shape index (κ1) is 58.6. The van der Waals surface area contributed by atoms with E-state index in [2.05, 4.69) is 266 Å². The second kappa shape index (κ2) is 30.8. The molecule has 0 spiro atoms. The van der Waals surface area contributed by atoms with E-state index in [0.29, 0.717) is 0 Å². The van der Waals surface area contributed by atoms with Gasteiger partial charge in [0.1, 0.15) is 0 Å². The Bertz CT molecular complexity index is 3490. The zero-order valence-corrected chi connectivity index (χ0v) is 46.8. The Morgan fingerprint density at radius 1 is 0.605 bits per heavy atom. The predicted octanol–water partition coefficient (Wildman–Crippen LogP) is 20.5. The molecule has 8 aromatic rings. The third-order valence-corrected chi connectivity index (χ3v) is 13.2. The van der Waals surface area contributed by atoms with Crippen molar-refractivity contribution in [3.05, 3.63) is 282 Å². The highest BCUT2D eigenvalue weighted by Crippen LogP contribution is 2.39. The highest BCUT2D eigenvalue weighted by molar-refractivity contribution is 6.12. The summed E-state index contributed by atoms with van der Waals surface area (Å²) in [6.07, 6.45) is 31.0. The molecule has 0 aliphatic heterocycles. The van der Waals surface area contributed by atoms with Gasteiger partial charge in [-0.3, -0.25) is 0 Å². The number of benzene rings is 8. The van der Waals surface area contributed by atoms with E-state index in [1.807, 2.05) is 34.6 Å². The lowest BCUT2D eigenvalue weighted by Crippen LogP contribution is -2.27. The van der Waals surface area contributed by atoms with Crippen molar-refractivity contribution in [2.24, 2.45) is 0 Å². The molecule has 0 aromatic heterocycles. The van der Waals surface area contributed by atoms with Gasteiger partial charge in [0.2, 0.25) is 0 Å². The molecule has 0 saturated heterocycles. The normalized spacial score (nSPS) is 14.8. The summed E-state index contributed by atoms with van der Waals surface area (Å²) in [5.41, 5.74) is 22.9. The average molecular weight is 996 g/mol. The Hall–Kier alpha value is -8.26. The minimum atomic E-state index is 0.916. The molecule has 0 radical (unpaired) electrons. The van der Waals surface area contributed by atoms with Crippen molar-refractivity contribution in [2.75, 3.05) is 5.73 Å². The first-order chi connectivity index (χ1) is 37.3. The van der Waals surface area contributed by atoms with Gasteiger partial charge in [-0.25, -0.2) is 0 Å². The maximum atomic E-state index is 6.54. The summed E-state index contributed by atoms with van der Waals surface area (Å²) >= 11 is 0. The lowest BCUT2D eigenvalue weighted by molar-refractivity contribution is 0.924. The van der Waals surface area contributed by atoms with Gasteiger partial charge in [-0.1, -0.05) is 265 Å². The smallest absolute Gasteiger partial charge is 0.0435 e. The molecule has 0 unspecified atom stereocenters. The molecule has 76 heavy (non-hydrogen) atoms. The first-order valence-electron chi connectivity index (χ1n) is 27.3. The number of anilines is 1. The highest BCUT2D eigenvalue weighted by atomic mass is 14.6. The number of nitrogen functional groups attached to an aromatic ring is 1. The largest absolute Gasteiger partial charge is 0.398 e. The predicted molar refractivity (Wildman–Crippen MR) is 344 cm³/mol. The molecule has 386 valence electrons. The van der Waals surface area contributed by atoms with Gasteiger partial charge in [-0.2, -0.15) is 0 Å². The summed E-state index contributed by atoms with van der Waals surface area (Å²) in [4.78, 5) is 0. The fraction of sp³-hybridized carbons (Fsp3) is 0.173. The van der Waals surface area contributed by atoms with Gasteiger partial charge < -0.3 is 5.73 Å². The van der Waals surface area contributed by atoms with Gasteiger partial charge in [-0.15, -0.1) is 19.7 Å². The standard InChI is InChI=1S/C23H21N.C22H22.C21H16.C3H6.2C2H6.C2H4/c1-2-3-9-20-18-10-5-4-7-16(18)12-14-21(20)22-15-13-17-8-6-11-19(17)23(22)24;1-17-12-14-19(15-13-17)21-10-5-3-4-8-18(2)16-20-9-6-7-11-22(20)21;1-15-10-12-16(13-11-15)21-19-8-4-2-6-17(19)14-18-7-3-5-9-20(18)21;1-3-2;3*1-2/h3-10,12-15H,2,11,24H2,1H3;3-9,11-12,14,16H,2,10,13,15H2,1H3;2-14H,1H3;3H,1H2,2H3;2*1-2H3;1-2H2/b9-3-;5-3-,8-4-,20-16-,22-21+;;;;;. The fourth-order valence-electron chi connectivity index (χ4n) is 9.59. The summed E-state index contributed by atoms with van der Waals surface area (Å²) in [5, 5.41) is 10.4. The lowest BCUT2D eigenvalue weighted by Gasteiger charge is -2.15. The van der Waals surface area contributed by atoms with Gasteiger partial charge in [0.05, 0.1) is 0 Å². The minimum absolute atomic E-state index is 0.916. The third kappa shape index (κ3) is 15.0. The molecule has 2 N–H and O–H groups in total. The van der Waals surface area contributed by atoms with E-state index in [0.717, 1.165) is 48.9 Å². The monoisotopic (exact) mass is 996 g/mol. The van der Waals surface area contributed by atoms with Crippen LogP contribution in [0, 0.1) is 6.92 Å². The second-order valence-corrected chi connectivity index (χ2v) is 18.2. The number of nitrogens with two attached hydrogens (primary N) is 1. The quantitative estimate of drug-likeness (QED) is 0.104. The molecule has 3 aliphatic carbocycles. The van der Waals surface area contributed by atoms with Crippen LogP contribution in [0.2, 0.25) is 0 Å². The Labute approximate surface area is 457 Å². The SMILES string of the molecule is C=C.C=C1/C=C\C=C/C/C(C2=CC=C(C)CC2)=c2/cccc/c2=C/1.C=CC.CC.CC.CC/C=C\c1c(-c2ccc3c(c2N)CC=C3)ccc2ccccc12.Cc1ccc(-c2c3ccccc3cc3ccccc23)cc1. The number of hydrogen-bond donors (Lipinski definition) is 1. The van der Waals surface area contributed by atoms with Crippen molar-refractivity contribution in [2.45, 2.75) is 87.5 Å². The van der Waals surface area contributed by atoms with Gasteiger partial charge in [-0.05, 0) is 158 Å². The number of rotatable bonds is 5. The lowest BCUT2D eigenvalue weighted by atomic mass is 9.90. The molecular weight excluding hydrogens is 915 g/mol. The van der Waals surface area contributed by atoms with Crippen molar-refractivity contribution in [1.29, 1.82) is 0 Å². The maximum absolute atomic E-state index is 6.54. The van der Waals surface area contributed by atoms with Crippen LogP contribution in [-0.4, -0.2) is 0 Å². The van der Waals surface area contributed by atoms with E-state index in [1.54, 1.807) is 6.08 Å². The first-order valence-corrected chi connectivity index (χ1v) is 27.3. The zero-order chi connectivity index (χ0) is 54.8. The van der Waals surface area contributed by atoms with E-state index in [9.17, 15) is 0 Å². The fourth-order valence-corrected chi connectivity index (χ4v) is 9.59.